The van der Waals surface area contributed by atoms with E-state index in [0.29, 0.717) is 5.56 Å². The predicted octanol–water partition coefficient (Wildman–Crippen LogP) is -0.481. The molecule has 0 aliphatic rings. The predicted molar refractivity (Wildman–Crippen MR) is 48.2 cm³/mol. The Labute approximate surface area is 113 Å². The van der Waals surface area contributed by atoms with Crippen molar-refractivity contribution in [3.63, 3.8) is 0 Å². The molecule has 0 unspecified atom stereocenters. The van der Waals surface area contributed by atoms with Crippen molar-refractivity contribution in [2.45, 2.75) is 6.18 Å². The van der Waals surface area contributed by atoms with Gasteiger partial charge in [-0.05, 0) is 0 Å². The molecule has 0 aliphatic carbocycles. The van der Waals surface area contributed by atoms with Crippen molar-refractivity contribution < 1.29 is 34.9 Å². The summed E-state index contributed by atoms with van der Waals surface area (Å²) < 4.78 is 41.5. The second kappa shape index (κ2) is 6.50. The van der Waals surface area contributed by atoms with Crippen molar-refractivity contribution in [2.24, 2.45) is 0 Å². The Morgan fingerprint density at radius 1 is 1.27 bits per heavy atom. The average Bonchev–Trinajstić information content (AvgIpc) is 2.03. The number of benzene rings is 1. The van der Waals surface area contributed by atoms with Crippen LogP contribution in [0.3, 0.4) is 0 Å². The summed E-state index contributed by atoms with van der Waals surface area (Å²) in [7, 11) is 1.20. The Kier molecular flexibility index (Phi) is 7.50. The van der Waals surface area contributed by atoms with Crippen LogP contribution in [0, 0.1) is 6.92 Å². The maximum Gasteiger partial charge on any atom is 2.00 e. The molecule has 1 nitrogen and oxygen atoms in total. The first-order valence-corrected chi connectivity index (χ1v) is 3.52. The SMILES string of the molecule is [Br-].[CH2-]c1ccc(OC)c(C(F)(F)F)c1.[Mg+2]. The maximum absolute atomic E-state index is 12.3. The summed E-state index contributed by atoms with van der Waals surface area (Å²) in [6, 6.07) is 3.68. The van der Waals surface area contributed by atoms with Crippen LogP contribution < -0.4 is 21.7 Å². The van der Waals surface area contributed by atoms with Gasteiger partial charge >= 0.3 is 29.2 Å². The van der Waals surface area contributed by atoms with Crippen molar-refractivity contribution in [3.05, 3.63) is 36.2 Å². The number of ether oxygens (including phenoxy) is 1. The number of hydrogen-bond donors (Lipinski definition) is 0. The Morgan fingerprint density at radius 2 is 1.80 bits per heavy atom. The Bertz CT molecular complexity index is 315. The van der Waals surface area contributed by atoms with Crippen LogP contribution in [0.15, 0.2) is 18.2 Å². The Hall–Kier alpha value is -0.0738. The van der Waals surface area contributed by atoms with Gasteiger partial charge in [-0.25, -0.2) is 0 Å². The van der Waals surface area contributed by atoms with E-state index < -0.39 is 11.7 Å². The van der Waals surface area contributed by atoms with Crippen LogP contribution in [0.4, 0.5) is 13.2 Å². The van der Waals surface area contributed by atoms with Crippen LogP contribution >= 0.6 is 0 Å². The molecule has 0 bridgehead atoms. The largest absolute Gasteiger partial charge is 2.00 e. The first-order valence-electron chi connectivity index (χ1n) is 3.52. The normalized spacial score (nSPS) is 9.87. The molecule has 0 aromatic heterocycles. The van der Waals surface area contributed by atoms with E-state index in [0.717, 1.165) is 6.07 Å². The zero-order valence-corrected chi connectivity index (χ0v) is 11.1. The molecule has 0 atom stereocenters. The molecule has 1 aromatic carbocycles. The molecule has 0 saturated heterocycles. The van der Waals surface area contributed by atoms with Gasteiger partial charge in [0.15, 0.2) is 0 Å². The van der Waals surface area contributed by atoms with Gasteiger partial charge in [-0.3, -0.25) is 0 Å². The van der Waals surface area contributed by atoms with Crippen molar-refractivity contribution in [1.82, 2.24) is 0 Å². The molecule has 0 fully saturated rings. The fraction of sp³-hybridized carbons (Fsp3) is 0.222. The molecule has 80 valence electrons. The van der Waals surface area contributed by atoms with Gasteiger partial charge in [-0.15, -0.1) is 6.07 Å². The van der Waals surface area contributed by atoms with Crippen LogP contribution in [-0.2, 0) is 6.18 Å². The van der Waals surface area contributed by atoms with E-state index >= 15 is 0 Å². The molecule has 1 aromatic rings. The van der Waals surface area contributed by atoms with Gasteiger partial charge in [0.1, 0.15) is 5.75 Å². The summed E-state index contributed by atoms with van der Waals surface area (Å²) in [6.07, 6.45) is -4.39. The monoisotopic (exact) mass is 292 g/mol. The first kappa shape index (κ1) is 17.3. The topological polar surface area (TPSA) is 9.23 Å². The van der Waals surface area contributed by atoms with Crippen LogP contribution in [0.25, 0.3) is 0 Å². The summed E-state index contributed by atoms with van der Waals surface area (Å²) in [5, 5.41) is 0. The molecule has 0 radical (unpaired) electrons. The standard InChI is InChI=1S/C9H8F3O.BrH.Mg/c1-6-3-4-8(13-2)7(5-6)9(10,11)12;;/h3-5H,1H2,2H3;1H;/q-1;;+2/p-1. The summed E-state index contributed by atoms with van der Waals surface area (Å²) in [5.74, 6) is -0.181. The van der Waals surface area contributed by atoms with Gasteiger partial charge < -0.3 is 21.7 Å². The molecule has 0 aliphatic heterocycles. The van der Waals surface area contributed by atoms with E-state index in [1.807, 2.05) is 0 Å². The fourth-order valence-corrected chi connectivity index (χ4v) is 0.977. The third-order valence-electron chi connectivity index (χ3n) is 1.57. The fourth-order valence-electron chi connectivity index (χ4n) is 0.977. The molecule has 0 amide bonds. The Morgan fingerprint density at radius 3 is 2.20 bits per heavy atom. The summed E-state index contributed by atoms with van der Waals surface area (Å²) in [5.41, 5.74) is -0.476. The third-order valence-corrected chi connectivity index (χ3v) is 1.57. The smallest absolute Gasteiger partial charge is 1.00 e. The van der Waals surface area contributed by atoms with Crippen molar-refractivity contribution in [2.75, 3.05) is 7.11 Å². The quantitative estimate of drug-likeness (QED) is 0.502. The van der Waals surface area contributed by atoms with Gasteiger partial charge in [0.05, 0.1) is 7.11 Å². The zero-order chi connectivity index (χ0) is 10.1. The van der Waals surface area contributed by atoms with Crippen molar-refractivity contribution >= 4 is 23.1 Å². The molecular formula is C9H8BrF3MgO. The van der Waals surface area contributed by atoms with E-state index in [-0.39, 0.29) is 45.8 Å². The van der Waals surface area contributed by atoms with Gasteiger partial charge in [0, 0.05) is 5.56 Å². The number of rotatable bonds is 1. The maximum atomic E-state index is 12.3. The molecule has 0 spiro atoms. The molecule has 0 heterocycles. The summed E-state index contributed by atoms with van der Waals surface area (Å²) in [6.45, 7) is 3.41. The van der Waals surface area contributed by atoms with Crippen molar-refractivity contribution in [1.29, 1.82) is 0 Å². The second-order valence-electron chi connectivity index (χ2n) is 2.53. The number of methoxy groups -OCH3 is 1. The van der Waals surface area contributed by atoms with Crippen molar-refractivity contribution in [3.8, 4) is 5.75 Å². The van der Waals surface area contributed by atoms with E-state index in [1.165, 1.54) is 19.2 Å². The minimum absolute atomic E-state index is 0. The van der Waals surface area contributed by atoms with Gasteiger partial charge in [0.2, 0.25) is 0 Å². The second-order valence-corrected chi connectivity index (χ2v) is 2.53. The average molecular weight is 293 g/mol. The zero-order valence-electron chi connectivity index (χ0n) is 8.07. The number of halogens is 4. The van der Waals surface area contributed by atoms with E-state index in [9.17, 15) is 13.2 Å². The summed E-state index contributed by atoms with van der Waals surface area (Å²) >= 11 is 0. The molecule has 0 saturated carbocycles. The minimum atomic E-state index is -4.39. The Balaban J connectivity index is 0. The van der Waals surface area contributed by atoms with Gasteiger partial charge in [-0.1, -0.05) is 6.07 Å². The van der Waals surface area contributed by atoms with Crippen LogP contribution in [-0.4, -0.2) is 30.2 Å². The third kappa shape index (κ3) is 4.52. The molecule has 15 heavy (non-hydrogen) atoms. The molecular weight excluding hydrogens is 285 g/mol. The summed E-state index contributed by atoms with van der Waals surface area (Å²) in [4.78, 5) is 0. The molecule has 1 rings (SSSR count). The minimum Gasteiger partial charge on any atom is -1.00 e. The molecule has 6 heteroatoms. The number of alkyl halides is 3. The first-order chi connectivity index (χ1) is 5.95. The van der Waals surface area contributed by atoms with Gasteiger partial charge in [-0.2, -0.15) is 31.7 Å². The van der Waals surface area contributed by atoms with E-state index in [1.54, 1.807) is 0 Å². The van der Waals surface area contributed by atoms with Gasteiger partial charge in [0.25, 0.3) is 0 Å². The van der Waals surface area contributed by atoms with E-state index in [2.05, 4.69) is 11.7 Å². The molecule has 0 N–H and O–H groups in total. The van der Waals surface area contributed by atoms with Crippen LogP contribution in [0.1, 0.15) is 11.1 Å². The van der Waals surface area contributed by atoms with Crippen LogP contribution in [0.5, 0.6) is 5.75 Å². The van der Waals surface area contributed by atoms with Crippen LogP contribution in [0.2, 0.25) is 0 Å². The number of hydrogen-bond acceptors (Lipinski definition) is 1. The van der Waals surface area contributed by atoms with E-state index in [4.69, 9.17) is 0 Å².